The summed E-state index contributed by atoms with van der Waals surface area (Å²) in [4.78, 5) is 0. The highest BCUT2D eigenvalue weighted by molar-refractivity contribution is 6.00. The van der Waals surface area contributed by atoms with Crippen molar-refractivity contribution >= 4 is 10.9 Å². The van der Waals surface area contributed by atoms with Crippen LogP contribution in [0.3, 0.4) is 0 Å². The zero-order valence-corrected chi connectivity index (χ0v) is 24.8. The van der Waals surface area contributed by atoms with E-state index in [1.54, 1.807) is 0 Å². The molecule has 1 heteroatoms. The van der Waals surface area contributed by atoms with Gasteiger partial charge in [-0.05, 0) is 74.3 Å². The van der Waals surface area contributed by atoms with Crippen LogP contribution in [-0.4, -0.2) is 4.57 Å². The minimum absolute atomic E-state index is 1.15. The molecule has 0 atom stereocenters. The van der Waals surface area contributed by atoms with Crippen LogP contribution in [0, 0.1) is 0 Å². The average Bonchev–Trinajstić information content (AvgIpc) is 3.52. The molecule has 0 saturated carbocycles. The number of nitrogens with zero attached hydrogens (tertiary/aromatic N) is 1. The van der Waals surface area contributed by atoms with E-state index in [1.807, 2.05) is 0 Å². The van der Waals surface area contributed by atoms with Crippen LogP contribution < -0.4 is 0 Å². The first-order chi connectivity index (χ1) is 22.3. The molecule has 0 spiro atoms. The highest BCUT2D eigenvalue weighted by Gasteiger charge is 2.14. The van der Waals surface area contributed by atoms with Crippen LogP contribution in [0.1, 0.15) is 0 Å². The molecule has 8 aromatic rings. The first-order valence-electron chi connectivity index (χ1n) is 15.4. The van der Waals surface area contributed by atoms with Crippen LogP contribution in [-0.2, 0) is 0 Å². The fourth-order valence-corrected chi connectivity index (χ4v) is 6.26. The maximum atomic E-state index is 2.35. The summed E-state index contributed by atoms with van der Waals surface area (Å²) in [6.07, 6.45) is 2.29. The Hall–Kier alpha value is -5.92. The molecule has 7 aromatic carbocycles. The quantitative estimate of drug-likeness (QED) is 0.186. The van der Waals surface area contributed by atoms with Gasteiger partial charge in [-0.15, -0.1) is 0 Å². The summed E-state index contributed by atoms with van der Waals surface area (Å²) in [5.74, 6) is 0. The van der Waals surface area contributed by atoms with E-state index >= 15 is 0 Å². The molecule has 0 amide bonds. The van der Waals surface area contributed by atoms with Crippen molar-refractivity contribution < 1.29 is 0 Å². The third-order valence-electron chi connectivity index (χ3n) is 8.69. The monoisotopic (exact) mass is 573 g/mol. The molecular formula is C44H31N. The van der Waals surface area contributed by atoms with Gasteiger partial charge < -0.3 is 4.57 Å². The van der Waals surface area contributed by atoms with Crippen molar-refractivity contribution in [3.05, 3.63) is 188 Å². The van der Waals surface area contributed by atoms with Gasteiger partial charge in [0.25, 0.3) is 0 Å². The van der Waals surface area contributed by atoms with Gasteiger partial charge in [-0.25, -0.2) is 0 Å². The molecule has 1 aromatic heterocycles. The minimum atomic E-state index is 1.15. The van der Waals surface area contributed by atoms with Crippen molar-refractivity contribution in [3.63, 3.8) is 0 Å². The number of hydrogen-bond donors (Lipinski definition) is 0. The molecule has 8 rings (SSSR count). The lowest BCUT2D eigenvalue weighted by molar-refractivity contribution is 1.13. The van der Waals surface area contributed by atoms with E-state index in [2.05, 4.69) is 193 Å². The molecule has 0 saturated heterocycles. The SMILES string of the molecule is c1ccc(-c2ccc(-c3ccc4c(c3)c(-c3ccc(-c5ccccc5)cc3)cn4-c3ccc(-c4ccccc4)cc3)cc2)cc1. The van der Waals surface area contributed by atoms with Crippen LogP contribution in [0.2, 0.25) is 0 Å². The van der Waals surface area contributed by atoms with Gasteiger partial charge in [-0.2, -0.15) is 0 Å². The molecule has 0 aliphatic heterocycles. The van der Waals surface area contributed by atoms with Gasteiger partial charge in [-0.1, -0.05) is 158 Å². The largest absolute Gasteiger partial charge is 0.316 e. The predicted molar refractivity (Wildman–Crippen MR) is 190 cm³/mol. The summed E-state index contributed by atoms with van der Waals surface area (Å²) in [5, 5.41) is 1.24. The topological polar surface area (TPSA) is 4.93 Å². The molecule has 0 unspecified atom stereocenters. The second-order valence-electron chi connectivity index (χ2n) is 11.4. The first kappa shape index (κ1) is 26.7. The molecular weight excluding hydrogens is 542 g/mol. The lowest BCUT2D eigenvalue weighted by Crippen LogP contribution is -1.92. The maximum Gasteiger partial charge on any atom is 0.0535 e. The van der Waals surface area contributed by atoms with E-state index in [1.165, 1.54) is 66.5 Å². The Labute approximate surface area is 264 Å². The molecule has 0 radical (unpaired) electrons. The molecule has 1 nitrogen and oxygen atoms in total. The summed E-state index contributed by atoms with van der Waals surface area (Å²) in [7, 11) is 0. The van der Waals surface area contributed by atoms with E-state index in [0.29, 0.717) is 0 Å². The second-order valence-corrected chi connectivity index (χ2v) is 11.4. The van der Waals surface area contributed by atoms with Gasteiger partial charge in [0.05, 0.1) is 5.52 Å². The Morgan fingerprint density at radius 1 is 0.289 bits per heavy atom. The average molecular weight is 574 g/mol. The molecule has 0 N–H and O–H groups in total. The van der Waals surface area contributed by atoms with Crippen LogP contribution in [0.15, 0.2) is 188 Å². The Kier molecular flexibility index (Phi) is 6.90. The number of aromatic nitrogens is 1. The third-order valence-corrected chi connectivity index (χ3v) is 8.69. The van der Waals surface area contributed by atoms with Gasteiger partial charge in [-0.3, -0.25) is 0 Å². The molecule has 0 bridgehead atoms. The second kappa shape index (κ2) is 11.6. The van der Waals surface area contributed by atoms with Gasteiger partial charge in [0, 0.05) is 22.8 Å². The number of rotatable bonds is 6. The van der Waals surface area contributed by atoms with Gasteiger partial charge in [0.2, 0.25) is 0 Å². The minimum Gasteiger partial charge on any atom is -0.316 e. The molecule has 212 valence electrons. The molecule has 0 fully saturated rings. The maximum absolute atomic E-state index is 2.35. The van der Waals surface area contributed by atoms with E-state index in [4.69, 9.17) is 0 Å². The third kappa shape index (κ3) is 5.26. The smallest absolute Gasteiger partial charge is 0.0535 e. The van der Waals surface area contributed by atoms with E-state index in [9.17, 15) is 0 Å². The zero-order valence-electron chi connectivity index (χ0n) is 24.8. The number of fused-ring (bicyclic) bond motifs is 1. The van der Waals surface area contributed by atoms with Crippen molar-refractivity contribution in [1.29, 1.82) is 0 Å². The normalized spacial score (nSPS) is 11.1. The van der Waals surface area contributed by atoms with Gasteiger partial charge >= 0.3 is 0 Å². The summed E-state index contributed by atoms with van der Waals surface area (Å²) in [5.41, 5.74) is 14.5. The molecule has 45 heavy (non-hydrogen) atoms. The Balaban J connectivity index is 1.22. The van der Waals surface area contributed by atoms with Crippen LogP contribution >= 0.6 is 0 Å². The summed E-state index contributed by atoms with van der Waals surface area (Å²) >= 11 is 0. The molecule has 0 aliphatic carbocycles. The highest BCUT2D eigenvalue weighted by Crippen LogP contribution is 2.37. The van der Waals surface area contributed by atoms with Crippen LogP contribution in [0.4, 0.5) is 0 Å². The van der Waals surface area contributed by atoms with Crippen molar-refractivity contribution in [2.75, 3.05) is 0 Å². The van der Waals surface area contributed by atoms with E-state index in [0.717, 1.165) is 5.69 Å². The Morgan fingerprint density at radius 2 is 0.644 bits per heavy atom. The van der Waals surface area contributed by atoms with E-state index < -0.39 is 0 Å². The zero-order chi connectivity index (χ0) is 30.0. The lowest BCUT2D eigenvalue weighted by atomic mass is 9.97. The highest BCUT2D eigenvalue weighted by atomic mass is 15.0. The fraction of sp³-hybridized carbons (Fsp3) is 0. The van der Waals surface area contributed by atoms with E-state index in [-0.39, 0.29) is 0 Å². The Morgan fingerprint density at radius 3 is 1.11 bits per heavy atom. The number of hydrogen-bond acceptors (Lipinski definition) is 0. The van der Waals surface area contributed by atoms with Gasteiger partial charge in [0.15, 0.2) is 0 Å². The first-order valence-corrected chi connectivity index (χ1v) is 15.4. The standard InChI is InChI=1S/C44H31N/c1-4-10-32(11-5-1)35-16-18-38(19-17-35)40-26-29-44-42(30-40)43(39-22-20-36(21-23-39)33-12-6-2-7-13-33)31-45(44)41-27-24-37(25-28-41)34-14-8-3-9-15-34/h1-31H. The molecule has 1 heterocycles. The van der Waals surface area contributed by atoms with Crippen LogP contribution in [0.5, 0.6) is 0 Å². The summed E-state index contributed by atoms with van der Waals surface area (Å²) in [6, 6.07) is 65.3. The summed E-state index contributed by atoms with van der Waals surface area (Å²) < 4.78 is 2.33. The van der Waals surface area contributed by atoms with Crippen molar-refractivity contribution in [2.45, 2.75) is 0 Å². The van der Waals surface area contributed by atoms with Crippen molar-refractivity contribution in [2.24, 2.45) is 0 Å². The van der Waals surface area contributed by atoms with Gasteiger partial charge in [0.1, 0.15) is 0 Å². The number of benzene rings is 7. The lowest BCUT2D eigenvalue weighted by Gasteiger charge is -2.09. The predicted octanol–water partition coefficient (Wildman–Crippen LogP) is 12.0. The summed E-state index contributed by atoms with van der Waals surface area (Å²) in [6.45, 7) is 0. The fourth-order valence-electron chi connectivity index (χ4n) is 6.26. The van der Waals surface area contributed by atoms with Crippen molar-refractivity contribution in [1.82, 2.24) is 4.57 Å². The van der Waals surface area contributed by atoms with Crippen LogP contribution in [0.25, 0.3) is 72.2 Å². The van der Waals surface area contributed by atoms with Crippen molar-refractivity contribution in [3.8, 4) is 61.3 Å². The molecule has 0 aliphatic rings. The Bertz CT molecular complexity index is 2190.